The van der Waals surface area contributed by atoms with Crippen LogP contribution in [-0.4, -0.2) is 58.3 Å². The fraction of sp³-hybridized carbons (Fsp3) is 1.00. The number of hydrogen-bond donors (Lipinski definition) is 0. The first kappa shape index (κ1) is 28.4. The van der Waals surface area contributed by atoms with Crippen LogP contribution in [-0.2, 0) is 0 Å². The summed E-state index contributed by atoms with van der Waals surface area (Å²) in [4.78, 5) is 0. The van der Waals surface area contributed by atoms with E-state index in [0.29, 0.717) is 0 Å². The minimum atomic E-state index is -2.05. The van der Waals surface area contributed by atoms with Crippen LogP contribution in [0.25, 0.3) is 0 Å². The quantitative estimate of drug-likeness (QED) is 0.273. The zero-order valence-electron chi connectivity index (χ0n) is 22.0. The van der Waals surface area contributed by atoms with Gasteiger partial charge < -0.3 is 0 Å². The average molecular weight is 584 g/mol. The maximum atomic E-state index is 2.91. The van der Waals surface area contributed by atoms with Gasteiger partial charge in [0.15, 0.2) is 0 Å². The third-order valence-corrected chi connectivity index (χ3v) is 529. The van der Waals surface area contributed by atoms with Crippen molar-refractivity contribution < 1.29 is 0 Å². The van der Waals surface area contributed by atoms with Crippen molar-refractivity contribution in [2.75, 3.05) is 0 Å². The van der Waals surface area contributed by atoms with Crippen LogP contribution in [0.15, 0.2) is 0 Å². The van der Waals surface area contributed by atoms with Crippen LogP contribution >= 0.6 is 0 Å². The predicted molar refractivity (Wildman–Crippen MR) is 152 cm³/mol. The molecule has 0 aliphatic rings. The monoisotopic (exact) mass is 586 g/mol. The number of rotatable bonds is 7. The zero-order chi connectivity index (χ0) is 22.0. The molecule has 0 aliphatic heterocycles. The first-order chi connectivity index (χ1) is 10.8. The van der Waals surface area contributed by atoms with E-state index in [4.69, 9.17) is 0 Å². The Morgan fingerprint density at radius 3 is 0.346 bits per heavy atom. The molecule has 0 saturated heterocycles. The van der Waals surface area contributed by atoms with Gasteiger partial charge in [-0.2, -0.15) is 0 Å². The zero-order valence-corrected chi connectivity index (χ0v) is 32.2. The molecule has 0 saturated carbocycles. The SMILES string of the molecule is C[Si](C)(C)[Ge]([Si](C)(C)C)([Si](C)(C)C)[Ge]([Si](C)(C)C)([Si](C)(C)C)[Si](C)(C)C. The van der Waals surface area contributed by atoms with Gasteiger partial charge in [0.05, 0.1) is 0 Å². The van der Waals surface area contributed by atoms with Crippen LogP contribution in [0.4, 0.5) is 0 Å². The van der Waals surface area contributed by atoms with Gasteiger partial charge in [-0.3, -0.25) is 0 Å². The van der Waals surface area contributed by atoms with Crippen LogP contribution in [0.1, 0.15) is 0 Å². The molecule has 158 valence electrons. The van der Waals surface area contributed by atoms with Crippen molar-refractivity contribution in [2.45, 2.75) is 118 Å². The van der Waals surface area contributed by atoms with Crippen molar-refractivity contribution in [1.29, 1.82) is 0 Å². The molecule has 0 N–H and O–H groups in total. The summed E-state index contributed by atoms with van der Waals surface area (Å²) >= 11 is 0. The first-order valence-corrected chi connectivity index (χ1v) is 57.1. The van der Waals surface area contributed by atoms with Crippen LogP contribution in [0.2, 0.25) is 118 Å². The summed E-state index contributed by atoms with van der Waals surface area (Å²) in [7, 11) is -4.11. The van der Waals surface area contributed by atoms with Crippen LogP contribution in [0.3, 0.4) is 0 Å². The maximum absolute atomic E-state index is 2.91. The molecule has 8 heteroatoms. The summed E-state index contributed by atoms with van der Waals surface area (Å²) in [5.41, 5.74) is 0. The van der Waals surface area contributed by atoms with Gasteiger partial charge in [-0.25, -0.2) is 0 Å². The van der Waals surface area contributed by atoms with Crippen molar-refractivity contribution in [3.63, 3.8) is 0 Å². The van der Waals surface area contributed by atoms with E-state index >= 15 is 0 Å². The molecule has 0 radical (unpaired) electrons. The molecule has 0 atom stereocenters. The molecular weight excluding hydrogens is 530 g/mol. The normalized spacial score (nSPS) is 16.8. The van der Waals surface area contributed by atoms with Gasteiger partial charge in [-0.15, -0.1) is 0 Å². The van der Waals surface area contributed by atoms with Crippen molar-refractivity contribution in [3.05, 3.63) is 0 Å². The molecule has 0 fully saturated rings. The fourth-order valence-corrected chi connectivity index (χ4v) is 1140. The van der Waals surface area contributed by atoms with E-state index in [9.17, 15) is 0 Å². The van der Waals surface area contributed by atoms with Gasteiger partial charge in [0.1, 0.15) is 0 Å². The van der Waals surface area contributed by atoms with E-state index in [1.807, 2.05) is 0 Å². The average Bonchev–Trinajstić information content (AvgIpc) is 2.12. The summed E-state index contributed by atoms with van der Waals surface area (Å²) in [5, 5.41) is 0. The molecule has 0 rings (SSSR count). The second kappa shape index (κ2) is 7.51. The predicted octanol–water partition coefficient (Wildman–Crippen LogP) is 7.46. The Bertz CT molecular complexity index is 385. The summed E-state index contributed by atoms with van der Waals surface area (Å²) in [6.07, 6.45) is 0. The van der Waals surface area contributed by atoms with Crippen molar-refractivity contribution in [2.24, 2.45) is 0 Å². The van der Waals surface area contributed by atoms with Gasteiger partial charge in [-0.1, -0.05) is 0 Å². The Balaban J connectivity index is 8.17. The molecule has 0 nitrogen and oxygen atoms in total. The third-order valence-electron chi connectivity index (χ3n) is 7.31. The second-order valence-electron chi connectivity index (χ2n) is 15.0. The Morgan fingerprint density at radius 2 is 0.308 bits per heavy atom. The molecule has 26 heavy (non-hydrogen) atoms. The Morgan fingerprint density at radius 1 is 0.231 bits per heavy atom. The molecule has 0 aromatic rings. The second-order valence-corrected chi connectivity index (χ2v) is 193. The number of hydrogen-bond acceptors (Lipinski definition) is 0. The summed E-state index contributed by atoms with van der Waals surface area (Å²) in [5.74, 6) is 0. The van der Waals surface area contributed by atoms with Gasteiger partial charge in [0.2, 0.25) is 0 Å². The molecule has 0 aromatic carbocycles. The molecule has 0 amide bonds. The Labute approximate surface area is 174 Å². The molecule has 0 heterocycles. The van der Waals surface area contributed by atoms with Crippen molar-refractivity contribution in [1.82, 2.24) is 0 Å². The van der Waals surface area contributed by atoms with Crippen LogP contribution in [0, 0.1) is 0 Å². The Hall–Kier alpha value is 2.39. The van der Waals surface area contributed by atoms with E-state index in [-0.39, 0.29) is 0 Å². The van der Waals surface area contributed by atoms with E-state index in [2.05, 4.69) is 118 Å². The molecule has 0 spiro atoms. The summed E-state index contributed by atoms with van der Waals surface area (Å²) in [6.45, 7) is 45.3. The van der Waals surface area contributed by atoms with Gasteiger partial charge in [0.25, 0.3) is 0 Å². The topological polar surface area (TPSA) is 0 Å². The standard InChI is InChI=1S/C18H54Ge2Si6/c1-21(2,3)19(22(4,5)6,23(7,8)9)20(24(10,11)12,25(13,14)15)26(16,17)18/h1-18H3. The van der Waals surface area contributed by atoms with Crippen molar-refractivity contribution in [3.8, 4) is 0 Å². The molecule has 0 unspecified atom stereocenters. The summed E-state index contributed by atoms with van der Waals surface area (Å²) < 4.78 is 0. The third kappa shape index (κ3) is 3.98. The summed E-state index contributed by atoms with van der Waals surface area (Å²) in [6, 6.07) is 0. The molecule has 0 bridgehead atoms. The fourth-order valence-electron chi connectivity index (χ4n) is 10.1. The molecule has 0 aromatic heterocycles. The molecule has 0 aliphatic carbocycles. The van der Waals surface area contributed by atoms with Gasteiger partial charge in [0, 0.05) is 0 Å². The minimum absolute atomic E-state index is 1.17. The van der Waals surface area contributed by atoms with Gasteiger partial charge >= 0.3 is 176 Å². The van der Waals surface area contributed by atoms with E-state index in [1.54, 1.807) is 0 Å². The van der Waals surface area contributed by atoms with Gasteiger partial charge in [-0.05, 0) is 0 Å². The Kier molecular flexibility index (Phi) is 8.20. The van der Waals surface area contributed by atoms with E-state index < -0.39 is 58.3 Å². The van der Waals surface area contributed by atoms with E-state index in [0.717, 1.165) is 0 Å². The van der Waals surface area contributed by atoms with Crippen LogP contribution < -0.4 is 0 Å². The molecular formula is C18H54Ge2Si6. The van der Waals surface area contributed by atoms with Crippen LogP contribution in [0.5, 0.6) is 0 Å². The first-order valence-electron chi connectivity index (χ1n) is 10.8. The van der Waals surface area contributed by atoms with E-state index in [1.165, 1.54) is 0 Å². The van der Waals surface area contributed by atoms with Crippen molar-refractivity contribution >= 4 is 58.3 Å².